The van der Waals surface area contributed by atoms with Gasteiger partial charge in [0.05, 0.1) is 23.0 Å². The molecule has 2 heterocycles. The van der Waals surface area contributed by atoms with Crippen LogP contribution in [0, 0.1) is 13.8 Å². The van der Waals surface area contributed by atoms with Gasteiger partial charge in [0.1, 0.15) is 0 Å². The molecule has 16 heavy (non-hydrogen) atoms. The number of nitrogens with zero attached hydrogens (tertiary/aromatic N) is 3. The van der Waals surface area contributed by atoms with Crippen molar-refractivity contribution in [2.24, 2.45) is 7.05 Å². The molecule has 0 saturated carbocycles. The molecule has 1 unspecified atom stereocenters. The fourth-order valence-electron chi connectivity index (χ4n) is 1.65. The molecule has 0 bridgehead atoms. The minimum atomic E-state index is -0.518. The molecule has 0 saturated heterocycles. The van der Waals surface area contributed by atoms with Crippen LogP contribution in [0.5, 0.6) is 0 Å². The molecule has 2 aromatic rings. The van der Waals surface area contributed by atoms with Crippen LogP contribution in [0.15, 0.2) is 11.6 Å². The SMILES string of the molecule is Cc1nc(CC(O)c2cnn(C)c2C)cs1. The average Bonchev–Trinajstić information content (AvgIpc) is 2.76. The Labute approximate surface area is 98.6 Å². The minimum absolute atomic E-state index is 0.518. The standard InChI is InChI=1S/C11H15N3OS/c1-7-10(5-12-14(7)3)11(15)4-9-6-16-8(2)13-9/h5-6,11,15H,4H2,1-3H3. The Balaban J connectivity index is 2.14. The van der Waals surface area contributed by atoms with E-state index >= 15 is 0 Å². The van der Waals surface area contributed by atoms with Crippen LogP contribution in [-0.2, 0) is 13.5 Å². The predicted octanol–water partition coefficient (Wildman–Crippen LogP) is 1.77. The number of thiazole rings is 1. The van der Waals surface area contributed by atoms with Crippen LogP contribution in [0.2, 0.25) is 0 Å². The lowest BCUT2D eigenvalue weighted by atomic mass is 10.1. The molecule has 0 radical (unpaired) electrons. The first-order valence-corrected chi connectivity index (χ1v) is 6.03. The number of hydrogen-bond acceptors (Lipinski definition) is 4. The van der Waals surface area contributed by atoms with E-state index in [-0.39, 0.29) is 0 Å². The van der Waals surface area contributed by atoms with Gasteiger partial charge in [-0.15, -0.1) is 11.3 Å². The molecular formula is C11H15N3OS. The number of aryl methyl sites for hydroxylation is 2. The molecule has 0 amide bonds. The van der Waals surface area contributed by atoms with Gasteiger partial charge in [-0.2, -0.15) is 5.10 Å². The van der Waals surface area contributed by atoms with Crippen LogP contribution >= 0.6 is 11.3 Å². The fraction of sp³-hybridized carbons (Fsp3) is 0.455. The minimum Gasteiger partial charge on any atom is -0.388 e. The highest BCUT2D eigenvalue weighted by Crippen LogP contribution is 2.21. The summed E-state index contributed by atoms with van der Waals surface area (Å²) in [7, 11) is 1.87. The van der Waals surface area contributed by atoms with Gasteiger partial charge in [0.25, 0.3) is 0 Å². The summed E-state index contributed by atoms with van der Waals surface area (Å²) in [5.74, 6) is 0. The van der Waals surface area contributed by atoms with E-state index in [1.807, 2.05) is 26.3 Å². The summed E-state index contributed by atoms with van der Waals surface area (Å²) in [6.45, 7) is 3.92. The van der Waals surface area contributed by atoms with Gasteiger partial charge in [-0.3, -0.25) is 4.68 Å². The fourth-order valence-corrected chi connectivity index (χ4v) is 2.28. The van der Waals surface area contributed by atoms with Crippen LogP contribution in [0.1, 0.15) is 28.1 Å². The van der Waals surface area contributed by atoms with Gasteiger partial charge in [-0.25, -0.2) is 4.98 Å². The molecule has 2 rings (SSSR count). The van der Waals surface area contributed by atoms with E-state index in [4.69, 9.17) is 0 Å². The van der Waals surface area contributed by atoms with Crippen molar-refractivity contribution in [3.8, 4) is 0 Å². The first-order valence-electron chi connectivity index (χ1n) is 5.15. The highest BCUT2D eigenvalue weighted by atomic mass is 32.1. The van der Waals surface area contributed by atoms with Crippen LogP contribution in [-0.4, -0.2) is 19.9 Å². The molecule has 1 atom stereocenters. The quantitative estimate of drug-likeness (QED) is 0.885. The zero-order valence-corrected chi connectivity index (χ0v) is 10.5. The molecule has 5 heteroatoms. The summed E-state index contributed by atoms with van der Waals surface area (Å²) in [5.41, 5.74) is 2.82. The largest absolute Gasteiger partial charge is 0.388 e. The Hall–Kier alpha value is -1.20. The van der Waals surface area contributed by atoms with E-state index < -0.39 is 6.10 Å². The molecule has 0 aromatic carbocycles. The summed E-state index contributed by atoms with van der Waals surface area (Å²) in [4.78, 5) is 4.34. The predicted molar refractivity (Wildman–Crippen MR) is 63.5 cm³/mol. The average molecular weight is 237 g/mol. The van der Waals surface area contributed by atoms with E-state index in [9.17, 15) is 5.11 Å². The van der Waals surface area contributed by atoms with Crippen LogP contribution in [0.4, 0.5) is 0 Å². The summed E-state index contributed by atoms with van der Waals surface area (Å²) < 4.78 is 1.77. The molecule has 1 N–H and O–H groups in total. The monoisotopic (exact) mass is 237 g/mol. The Morgan fingerprint density at radius 1 is 1.50 bits per heavy atom. The second kappa shape index (κ2) is 4.35. The molecule has 0 fully saturated rings. The number of rotatable bonds is 3. The summed E-state index contributed by atoms with van der Waals surface area (Å²) in [6, 6.07) is 0. The Bertz CT molecular complexity index is 489. The highest BCUT2D eigenvalue weighted by Gasteiger charge is 2.15. The molecule has 0 aliphatic rings. The first kappa shape index (κ1) is 11.3. The third-order valence-electron chi connectivity index (χ3n) is 2.70. The molecule has 4 nitrogen and oxygen atoms in total. The van der Waals surface area contributed by atoms with Gasteiger partial charge in [0.2, 0.25) is 0 Å². The third-order valence-corrected chi connectivity index (χ3v) is 3.52. The zero-order valence-electron chi connectivity index (χ0n) is 9.64. The van der Waals surface area contributed by atoms with E-state index in [1.165, 1.54) is 0 Å². The van der Waals surface area contributed by atoms with Gasteiger partial charge < -0.3 is 5.11 Å². The van der Waals surface area contributed by atoms with Crippen LogP contribution in [0.3, 0.4) is 0 Å². The Kier molecular flexibility index (Phi) is 3.07. The molecule has 0 spiro atoms. The highest BCUT2D eigenvalue weighted by molar-refractivity contribution is 7.09. The van der Waals surface area contributed by atoms with E-state index in [2.05, 4.69) is 10.1 Å². The van der Waals surface area contributed by atoms with E-state index in [0.717, 1.165) is 22.0 Å². The van der Waals surface area contributed by atoms with Gasteiger partial charge >= 0.3 is 0 Å². The van der Waals surface area contributed by atoms with Gasteiger partial charge in [-0.05, 0) is 13.8 Å². The first-order chi connectivity index (χ1) is 7.58. The van der Waals surface area contributed by atoms with Crippen molar-refractivity contribution in [2.75, 3.05) is 0 Å². The maximum atomic E-state index is 10.1. The molecular weight excluding hydrogens is 222 g/mol. The van der Waals surface area contributed by atoms with E-state index in [1.54, 1.807) is 22.2 Å². The maximum Gasteiger partial charge on any atom is 0.0897 e. The third kappa shape index (κ3) is 2.15. The van der Waals surface area contributed by atoms with Crippen molar-refractivity contribution in [3.05, 3.63) is 33.5 Å². The van der Waals surface area contributed by atoms with Gasteiger partial charge in [0.15, 0.2) is 0 Å². The summed E-state index contributed by atoms with van der Waals surface area (Å²) >= 11 is 1.61. The van der Waals surface area contributed by atoms with Crippen molar-refractivity contribution in [3.63, 3.8) is 0 Å². The second-order valence-electron chi connectivity index (χ2n) is 3.89. The van der Waals surface area contributed by atoms with Crippen molar-refractivity contribution >= 4 is 11.3 Å². The lowest BCUT2D eigenvalue weighted by molar-refractivity contribution is 0.176. The van der Waals surface area contributed by atoms with Crippen molar-refractivity contribution in [1.82, 2.24) is 14.8 Å². The topological polar surface area (TPSA) is 50.9 Å². The number of aliphatic hydroxyl groups is 1. The summed E-state index contributed by atoms with van der Waals surface area (Å²) in [5, 5.41) is 17.2. The molecule has 0 aliphatic carbocycles. The van der Waals surface area contributed by atoms with Crippen molar-refractivity contribution < 1.29 is 5.11 Å². The summed E-state index contributed by atoms with van der Waals surface area (Å²) in [6.07, 6.45) is 1.76. The molecule has 2 aromatic heterocycles. The Morgan fingerprint density at radius 2 is 2.25 bits per heavy atom. The van der Waals surface area contributed by atoms with Gasteiger partial charge in [-0.1, -0.05) is 0 Å². The van der Waals surface area contributed by atoms with Crippen LogP contribution < -0.4 is 0 Å². The number of aliphatic hydroxyl groups excluding tert-OH is 1. The zero-order chi connectivity index (χ0) is 11.7. The molecule has 86 valence electrons. The molecule has 0 aliphatic heterocycles. The number of hydrogen-bond donors (Lipinski definition) is 1. The van der Waals surface area contributed by atoms with Gasteiger partial charge in [0, 0.05) is 30.1 Å². The maximum absolute atomic E-state index is 10.1. The number of aromatic nitrogens is 3. The van der Waals surface area contributed by atoms with Crippen LogP contribution in [0.25, 0.3) is 0 Å². The Morgan fingerprint density at radius 3 is 2.75 bits per heavy atom. The smallest absolute Gasteiger partial charge is 0.0897 e. The van der Waals surface area contributed by atoms with Crippen molar-refractivity contribution in [2.45, 2.75) is 26.4 Å². The van der Waals surface area contributed by atoms with Crippen molar-refractivity contribution in [1.29, 1.82) is 0 Å². The lowest BCUT2D eigenvalue weighted by Gasteiger charge is -2.08. The lowest BCUT2D eigenvalue weighted by Crippen LogP contribution is -2.04. The van der Waals surface area contributed by atoms with E-state index in [0.29, 0.717) is 6.42 Å². The second-order valence-corrected chi connectivity index (χ2v) is 4.95. The normalized spacial score (nSPS) is 13.0.